The van der Waals surface area contributed by atoms with Crippen molar-refractivity contribution in [2.45, 2.75) is 6.54 Å². The third-order valence-electron chi connectivity index (χ3n) is 1.94. The molecule has 6 nitrogen and oxygen atoms in total. The van der Waals surface area contributed by atoms with Crippen LogP contribution in [0.2, 0.25) is 0 Å². The van der Waals surface area contributed by atoms with E-state index in [0.717, 1.165) is 0 Å². The van der Waals surface area contributed by atoms with Crippen LogP contribution in [-0.2, 0) is 6.54 Å². The lowest BCUT2D eigenvalue weighted by molar-refractivity contribution is 0.0683. The molecule has 0 aliphatic rings. The Morgan fingerprint density at radius 1 is 1.67 bits per heavy atom. The Balaban J connectivity index is 2.81. The molecular weight excluding hydrogens is 218 g/mol. The Bertz CT molecular complexity index is 586. The molecule has 4 N–H and O–H groups in total. The quantitative estimate of drug-likeness (QED) is 0.673. The van der Waals surface area contributed by atoms with Crippen LogP contribution in [0.5, 0.6) is 0 Å². The molecule has 7 heteroatoms. The number of aromatic nitrogens is 2. The van der Waals surface area contributed by atoms with Gasteiger partial charge in [-0.25, -0.2) is 9.78 Å². The van der Waals surface area contributed by atoms with Gasteiger partial charge in [0.25, 0.3) is 5.56 Å². The Hall–Kier alpha value is -1.73. The van der Waals surface area contributed by atoms with E-state index in [-0.39, 0.29) is 12.4 Å². The molecule has 2 aromatic heterocycles. The molecule has 0 aromatic carbocycles. The van der Waals surface area contributed by atoms with E-state index in [1.165, 1.54) is 11.3 Å². The molecule has 0 aliphatic carbocycles. The Morgan fingerprint density at radius 2 is 2.40 bits per heavy atom. The lowest BCUT2D eigenvalue weighted by Crippen LogP contribution is -2.16. The number of rotatable bonds is 2. The van der Waals surface area contributed by atoms with Crippen molar-refractivity contribution in [2.75, 3.05) is 0 Å². The zero-order valence-corrected chi connectivity index (χ0v) is 8.30. The molecule has 0 saturated heterocycles. The summed E-state index contributed by atoms with van der Waals surface area (Å²) in [6.07, 6.45) is 0. The zero-order valence-electron chi connectivity index (χ0n) is 7.48. The molecule has 78 valence electrons. The summed E-state index contributed by atoms with van der Waals surface area (Å²) < 4.78 is 0. The largest absolute Gasteiger partial charge is 0.475 e. The van der Waals surface area contributed by atoms with Crippen molar-refractivity contribution in [3.05, 3.63) is 27.1 Å². The Labute approximate surface area is 87.4 Å². The topological polar surface area (TPSA) is 109 Å². The van der Waals surface area contributed by atoms with Crippen molar-refractivity contribution in [3.63, 3.8) is 0 Å². The molecule has 0 fully saturated rings. The average molecular weight is 225 g/mol. The number of hydrogen-bond donors (Lipinski definition) is 3. The second-order valence-electron chi connectivity index (χ2n) is 2.86. The van der Waals surface area contributed by atoms with Gasteiger partial charge in [-0.1, -0.05) is 0 Å². The van der Waals surface area contributed by atoms with Crippen molar-refractivity contribution >= 4 is 27.5 Å². The molecule has 2 aromatic rings. The first-order valence-corrected chi connectivity index (χ1v) is 4.95. The highest BCUT2D eigenvalue weighted by molar-refractivity contribution is 7.16. The van der Waals surface area contributed by atoms with E-state index in [1.807, 2.05) is 0 Å². The number of aromatic amines is 1. The van der Waals surface area contributed by atoms with Gasteiger partial charge in [0.1, 0.15) is 4.83 Å². The third-order valence-corrected chi connectivity index (χ3v) is 2.86. The first-order valence-electron chi connectivity index (χ1n) is 4.07. The summed E-state index contributed by atoms with van der Waals surface area (Å²) >= 11 is 1.21. The second kappa shape index (κ2) is 3.44. The zero-order chi connectivity index (χ0) is 11.0. The summed E-state index contributed by atoms with van der Waals surface area (Å²) in [4.78, 5) is 28.6. The molecule has 0 radical (unpaired) electrons. The fraction of sp³-hybridized carbons (Fsp3) is 0.125. The smallest absolute Gasteiger partial charge is 0.372 e. The van der Waals surface area contributed by atoms with E-state index < -0.39 is 11.5 Å². The number of hydrogen-bond acceptors (Lipinski definition) is 5. The maximum absolute atomic E-state index is 11.5. The van der Waals surface area contributed by atoms with Crippen LogP contribution in [0.25, 0.3) is 10.2 Å². The molecule has 0 atom stereocenters. The maximum atomic E-state index is 11.5. The van der Waals surface area contributed by atoms with E-state index in [4.69, 9.17) is 10.8 Å². The molecule has 0 aliphatic heterocycles. The number of thiophene rings is 1. The average Bonchev–Trinajstić information content (AvgIpc) is 2.60. The molecular formula is C8H7N3O3S. The standard InChI is InChI=1S/C8H7N3O3S/c9-1-3-2-15-7-4(3)6(12)10-5(11-7)8(13)14/h2H,1,9H2,(H,13,14)(H,10,11,12). The van der Waals surface area contributed by atoms with Crippen LogP contribution in [0.3, 0.4) is 0 Å². The van der Waals surface area contributed by atoms with Gasteiger partial charge in [-0.3, -0.25) is 4.79 Å². The molecule has 0 amide bonds. The maximum Gasteiger partial charge on any atom is 0.372 e. The SMILES string of the molecule is NCc1csc2nc(C(=O)O)[nH]c(=O)c12. The van der Waals surface area contributed by atoms with Gasteiger partial charge in [0.15, 0.2) is 0 Å². The highest BCUT2D eigenvalue weighted by Gasteiger charge is 2.13. The van der Waals surface area contributed by atoms with E-state index in [9.17, 15) is 9.59 Å². The molecule has 15 heavy (non-hydrogen) atoms. The molecule has 0 bridgehead atoms. The number of nitrogens with two attached hydrogens (primary N) is 1. The van der Waals surface area contributed by atoms with Crippen LogP contribution < -0.4 is 11.3 Å². The molecule has 0 saturated carbocycles. The summed E-state index contributed by atoms with van der Waals surface area (Å²) in [5, 5.41) is 10.8. The predicted molar refractivity (Wildman–Crippen MR) is 55.1 cm³/mol. The van der Waals surface area contributed by atoms with E-state index in [0.29, 0.717) is 15.8 Å². The number of carbonyl (C=O) groups is 1. The van der Waals surface area contributed by atoms with Crippen molar-refractivity contribution < 1.29 is 9.90 Å². The van der Waals surface area contributed by atoms with Crippen molar-refractivity contribution in [1.29, 1.82) is 0 Å². The van der Waals surface area contributed by atoms with E-state index in [2.05, 4.69) is 9.97 Å². The summed E-state index contributed by atoms with van der Waals surface area (Å²) in [6.45, 7) is 0.233. The first-order chi connectivity index (χ1) is 7.13. The third kappa shape index (κ3) is 1.51. The fourth-order valence-electron chi connectivity index (χ4n) is 1.26. The summed E-state index contributed by atoms with van der Waals surface area (Å²) in [7, 11) is 0. The Morgan fingerprint density at radius 3 is 3.00 bits per heavy atom. The fourth-order valence-corrected chi connectivity index (χ4v) is 2.21. The minimum Gasteiger partial charge on any atom is -0.475 e. The predicted octanol–water partition coefficient (Wildman–Crippen LogP) is 0.141. The molecule has 0 spiro atoms. The van der Waals surface area contributed by atoms with Crippen LogP contribution in [0, 0.1) is 0 Å². The van der Waals surface area contributed by atoms with Crippen molar-refractivity contribution in [1.82, 2.24) is 9.97 Å². The van der Waals surface area contributed by atoms with E-state index >= 15 is 0 Å². The lowest BCUT2D eigenvalue weighted by atomic mass is 10.2. The monoisotopic (exact) mass is 225 g/mol. The van der Waals surface area contributed by atoms with Gasteiger partial charge in [0.05, 0.1) is 5.39 Å². The summed E-state index contributed by atoms with van der Waals surface area (Å²) in [5.74, 6) is -1.60. The summed E-state index contributed by atoms with van der Waals surface area (Å²) in [6, 6.07) is 0. The number of nitrogens with one attached hydrogen (secondary N) is 1. The van der Waals surface area contributed by atoms with Crippen LogP contribution >= 0.6 is 11.3 Å². The number of fused-ring (bicyclic) bond motifs is 1. The van der Waals surface area contributed by atoms with Crippen LogP contribution in [0.15, 0.2) is 10.2 Å². The van der Waals surface area contributed by atoms with Crippen LogP contribution in [-0.4, -0.2) is 21.0 Å². The van der Waals surface area contributed by atoms with Gasteiger partial charge in [-0.2, -0.15) is 0 Å². The van der Waals surface area contributed by atoms with E-state index in [1.54, 1.807) is 5.38 Å². The van der Waals surface area contributed by atoms with Crippen molar-refractivity contribution in [2.24, 2.45) is 5.73 Å². The molecule has 2 heterocycles. The first kappa shape index (κ1) is 9.81. The number of carboxylic acids is 1. The van der Waals surface area contributed by atoms with Gasteiger partial charge in [0.2, 0.25) is 5.82 Å². The van der Waals surface area contributed by atoms with Gasteiger partial charge < -0.3 is 15.8 Å². The highest BCUT2D eigenvalue weighted by atomic mass is 32.1. The van der Waals surface area contributed by atoms with Gasteiger partial charge in [-0.15, -0.1) is 11.3 Å². The number of aromatic carboxylic acids is 1. The highest BCUT2D eigenvalue weighted by Crippen LogP contribution is 2.20. The minimum absolute atomic E-state index is 0.233. The number of carboxylic acid groups (broad SMARTS) is 1. The number of nitrogens with zero attached hydrogens (tertiary/aromatic N) is 1. The molecule has 0 unspecified atom stereocenters. The lowest BCUT2D eigenvalue weighted by Gasteiger charge is -1.95. The van der Waals surface area contributed by atoms with Crippen molar-refractivity contribution in [3.8, 4) is 0 Å². The van der Waals surface area contributed by atoms with Gasteiger partial charge >= 0.3 is 5.97 Å². The van der Waals surface area contributed by atoms with Crippen LogP contribution in [0.4, 0.5) is 0 Å². The van der Waals surface area contributed by atoms with Gasteiger partial charge in [-0.05, 0) is 10.9 Å². The van der Waals surface area contributed by atoms with Crippen LogP contribution in [0.1, 0.15) is 16.2 Å². The molecule has 2 rings (SSSR count). The number of H-pyrrole nitrogens is 1. The Kier molecular flexibility index (Phi) is 2.25. The normalized spacial score (nSPS) is 10.7. The minimum atomic E-state index is -1.25. The van der Waals surface area contributed by atoms with Gasteiger partial charge in [0, 0.05) is 6.54 Å². The second-order valence-corrected chi connectivity index (χ2v) is 3.72. The summed E-state index contributed by atoms with van der Waals surface area (Å²) in [5.41, 5.74) is 5.66.